The van der Waals surface area contributed by atoms with Gasteiger partial charge in [-0.15, -0.1) is 0 Å². The summed E-state index contributed by atoms with van der Waals surface area (Å²) in [4.78, 5) is 0. The van der Waals surface area contributed by atoms with Crippen LogP contribution in [0.25, 0.3) is 0 Å². The van der Waals surface area contributed by atoms with E-state index in [9.17, 15) is 8.42 Å². The maximum absolute atomic E-state index is 12.1. The molecule has 2 heterocycles. The van der Waals surface area contributed by atoms with Crippen LogP contribution in [0.1, 0.15) is 17.9 Å². The van der Waals surface area contributed by atoms with E-state index in [1.54, 1.807) is 11.4 Å². The number of nitrogens with zero attached hydrogens (tertiary/aromatic N) is 1. The lowest BCUT2D eigenvalue weighted by Gasteiger charge is -2.32. The summed E-state index contributed by atoms with van der Waals surface area (Å²) in [6.07, 6.45) is 2.21. The number of ether oxygens (including phenoxy) is 1. The molecule has 0 radical (unpaired) electrons. The van der Waals surface area contributed by atoms with Gasteiger partial charge >= 0.3 is 0 Å². The molecule has 1 aromatic carbocycles. The topological polar surface area (TPSA) is 58.6 Å². The Morgan fingerprint density at radius 1 is 1.38 bits per heavy atom. The van der Waals surface area contributed by atoms with Crippen LogP contribution in [0.2, 0.25) is 0 Å². The van der Waals surface area contributed by atoms with Crippen LogP contribution in [-0.4, -0.2) is 51.8 Å². The van der Waals surface area contributed by atoms with Crippen molar-refractivity contribution in [3.05, 3.63) is 29.8 Å². The van der Waals surface area contributed by atoms with Gasteiger partial charge in [0.25, 0.3) is 0 Å². The molecule has 3 atom stereocenters. The van der Waals surface area contributed by atoms with Gasteiger partial charge in [-0.3, -0.25) is 0 Å². The summed E-state index contributed by atoms with van der Waals surface area (Å²) in [7, 11) is -1.50. The number of fused-ring (bicyclic) bond motifs is 1. The third-order valence-electron chi connectivity index (χ3n) is 4.70. The first-order chi connectivity index (χ1) is 10.0. The lowest BCUT2D eigenvalue weighted by atomic mass is 9.82. The molecule has 2 aliphatic heterocycles. The maximum Gasteiger partial charge on any atom is 0.211 e. The fourth-order valence-corrected chi connectivity index (χ4v) is 4.89. The van der Waals surface area contributed by atoms with Gasteiger partial charge < -0.3 is 10.1 Å². The van der Waals surface area contributed by atoms with Crippen LogP contribution >= 0.6 is 0 Å². The second-order valence-electron chi connectivity index (χ2n) is 5.94. The van der Waals surface area contributed by atoms with Crippen LogP contribution in [0, 0.1) is 5.92 Å². The number of sulfonamides is 1. The Balaban J connectivity index is 1.94. The van der Waals surface area contributed by atoms with Gasteiger partial charge in [-0.2, -0.15) is 4.31 Å². The Morgan fingerprint density at radius 2 is 2.19 bits per heavy atom. The molecule has 0 unspecified atom stereocenters. The lowest BCUT2D eigenvalue weighted by Crippen LogP contribution is -2.45. The van der Waals surface area contributed by atoms with Crippen molar-refractivity contribution in [1.29, 1.82) is 0 Å². The van der Waals surface area contributed by atoms with E-state index in [-0.39, 0.29) is 12.0 Å². The van der Waals surface area contributed by atoms with Crippen molar-refractivity contribution in [3.8, 4) is 5.75 Å². The highest BCUT2D eigenvalue weighted by molar-refractivity contribution is 7.88. The molecule has 3 rings (SSSR count). The van der Waals surface area contributed by atoms with Crippen LogP contribution in [0.5, 0.6) is 5.75 Å². The number of nitrogens with one attached hydrogen (secondary N) is 1. The third kappa shape index (κ3) is 2.80. The molecule has 6 heteroatoms. The van der Waals surface area contributed by atoms with E-state index < -0.39 is 10.0 Å². The summed E-state index contributed by atoms with van der Waals surface area (Å²) >= 11 is 0. The number of hydrogen-bond acceptors (Lipinski definition) is 4. The molecule has 21 heavy (non-hydrogen) atoms. The van der Waals surface area contributed by atoms with E-state index in [1.807, 2.05) is 18.2 Å². The first kappa shape index (κ1) is 14.8. The molecular formula is C15H22N2O3S. The SMILES string of the molecule is COc1cccc([C@H]2CN(S(C)(=O)=O)[C@@H]3CCNC[C@H]23)c1. The highest BCUT2D eigenvalue weighted by Gasteiger charge is 2.46. The van der Waals surface area contributed by atoms with Gasteiger partial charge in [-0.25, -0.2) is 8.42 Å². The normalized spacial score (nSPS) is 30.1. The Hall–Kier alpha value is -1.11. The number of methoxy groups -OCH3 is 1. The van der Waals surface area contributed by atoms with Crippen molar-refractivity contribution < 1.29 is 13.2 Å². The average molecular weight is 310 g/mol. The van der Waals surface area contributed by atoms with E-state index in [0.717, 1.165) is 25.3 Å². The van der Waals surface area contributed by atoms with Gasteiger partial charge in [0.15, 0.2) is 0 Å². The van der Waals surface area contributed by atoms with E-state index in [2.05, 4.69) is 11.4 Å². The van der Waals surface area contributed by atoms with Crippen LogP contribution in [0.15, 0.2) is 24.3 Å². The summed E-state index contributed by atoms with van der Waals surface area (Å²) in [5.74, 6) is 1.39. The van der Waals surface area contributed by atoms with Gasteiger partial charge in [0.1, 0.15) is 5.75 Å². The van der Waals surface area contributed by atoms with Crippen molar-refractivity contribution in [3.63, 3.8) is 0 Å². The Bertz CT molecular complexity index is 617. The second-order valence-corrected chi connectivity index (χ2v) is 7.87. The molecule has 0 aromatic heterocycles. The standard InChI is InChI=1S/C15H22N2O3S/c1-20-12-5-3-4-11(8-12)14-10-17(21(2,18)19)15-6-7-16-9-13(14)15/h3-5,8,13-16H,6-7,9-10H2,1-2H3/t13-,14-,15-/m1/s1. The van der Waals surface area contributed by atoms with Crippen molar-refractivity contribution in [1.82, 2.24) is 9.62 Å². The largest absolute Gasteiger partial charge is 0.497 e. The fourth-order valence-electron chi connectivity index (χ4n) is 3.71. The molecule has 0 amide bonds. The zero-order valence-electron chi connectivity index (χ0n) is 12.5. The van der Waals surface area contributed by atoms with Crippen LogP contribution < -0.4 is 10.1 Å². The molecule has 0 spiro atoms. The minimum atomic E-state index is -3.16. The number of rotatable bonds is 3. The predicted molar refractivity (Wildman–Crippen MR) is 82.0 cm³/mol. The van der Waals surface area contributed by atoms with Gasteiger partial charge in [-0.05, 0) is 36.6 Å². The van der Waals surface area contributed by atoms with Gasteiger partial charge in [0.2, 0.25) is 10.0 Å². The van der Waals surface area contributed by atoms with E-state index >= 15 is 0 Å². The lowest BCUT2D eigenvalue weighted by molar-refractivity contribution is 0.269. The molecule has 2 aliphatic rings. The Kier molecular flexibility index (Phi) is 3.94. The quantitative estimate of drug-likeness (QED) is 0.906. The zero-order chi connectivity index (χ0) is 15.0. The molecule has 2 saturated heterocycles. The molecule has 116 valence electrons. The zero-order valence-corrected chi connectivity index (χ0v) is 13.3. The van der Waals surface area contributed by atoms with E-state index in [1.165, 1.54) is 11.8 Å². The van der Waals surface area contributed by atoms with Crippen molar-refractivity contribution >= 4 is 10.0 Å². The maximum atomic E-state index is 12.1. The molecular weight excluding hydrogens is 288 g/mol. The highest BCUT2D eigenvalue weighted by Crippen LogP contribution is 2.41. The van der Waals surface area contributed by atoms with Crippen LogP contribution in [0.4, 0.5) is 0 Å². The fraction of sp³-hybridized carbons (Fsp3) is 0.600. The molecule has 1 aromatic rings. The smallest absolute Gasteiger partial charge is 0.211 e. The summed E-state index contributed by atoms with van der Waals surface area (Å²) < 4.78 is 31.1. The van der Waals surface area contributed by atoms with Gasteiger partial charge in [0, 0.05) is 25.0 Å². The molecule has 2 fully saturated rings. The molecule has 5 nitrogen and oxygen atoms in total. The highest BCUT2D eigenvalue weighted by atomic mass is 32.2. The average Bonchev–Trinajstić information content (AvgIpc) is 2.87. The monoisotopic (exact) mass is 310 g/mol. The van der Waals surface area contributed by atoms with Crippen molar-refractivity contribution in [2.45, 2.75) is 18.4 Å². The molecule has 0 aliphatic carbocycles. The molecule has 1 N–H and O–H groups in total. The van der Waals surface area contributed by atoms with Crippen molar-refractivity contribution in [2.24, 2.45) is 5.92 Å². The number of benzene rings is 1. The summed E-state index contributed by atoms with van der Waals surface area (Å²) in [6.45, 7) is 2.33. The minimum absolute atomic E-state index is 0.123. The van der Waals surface area contributed by atoms with Gasteiger partial charge in [0.05, 0.1) is 13.4 Å². The summed E-state index contributed by atoms with van der Waals surface area (Å²) in [6, 6.07) is 8.12. The second kappa shape index (κ2) is 5.59. The molecule has 0 saturated carbocycles. The van der Waals surface area contributed by atoms with Gasteiger partial charge in [-0.1, -0.05) is 12.1 Å². The minimum Gasteiger partial charge on any atom is -0.497 e. The van der Waals surface area contributed by atoms with Crippen LogP contribution in [0.3, 0.4) is 0 Å². The van der Waals surface area contributed by atoms with Crippen LogP contribution in [-0.2, 0) is 10.0 Å². The third-order valence-corrected chi connectivity index (χ3v) is 5.97. The molecule has 0 bridgehead atoms. The van der Waals surface area contributed by atoms with E-state index in [0.29, 0.717) is 12.5 Å². The van der Waals surface area contributed by atoms with E-state index in [4.69, 9.17) is 4.74 Å². The first-order valence-electron chi connectivity index (χ1n) is 7.32. The number of piperidine rings is 1. The predicted octanol–water partition coefficient (Wildman–Crippen LogP) is 1.03. The Morgan fingerprint density at radius 3 is 2.90 bits per heavy atom. The van der Waals surface area contributed by atoms with Crippen molar-refractivity contribution in [2.75, 3.05) is 33.0 Å². The summed E-state index contributed by atoms with van der Waals surface area (Å²) in [5.41, 5.74) is 1.17. The summed E-state index contributed by atoms with van der Waals surface area (Å²) in [5, 5.41) is 3.40. The number of hydrogen-bond donors (Lipinski definition) is 1. The first-order valence-corrected chi connectivity index (χ1v) is 9.17. The Labute approximate surface area is 126 Å².